The van der Waals surface area contributed by atoms with Crippen LogP contribution in [0.3, 0.4) is 0 Å². The number of carbonyl (C=O) groups excluding carboxylic acids is 2. The number of thioether (sulfide) groups is 1. The Labute approximate surface area is 175 Å². The molecular weight excluding hydrogens is 414 g/mol. The number of hydrogen-bond donors (Lipinski definition) is 2. The second-order valence-electron chi connectivity index (χ2n) is 5.90. The van der Waals surface area contributed by atoms with Crippen LogP contribution in [-0.4, -0.2) is 49.1 Å². The number of amides is 1. The van der Waals surface area contributed by atoms with Crippen LogP contribution in [0.25, 0.3) is 11.4 Å². The van der Waals surface area contributed by atoms with Gasteiger partial charge in [-0.3, -0.25) is 4.79 Å². The van der Waals surface area contributed by atoms with E-state index in [1.807, 2.05) is 0 Å². The molecule has 0 saturated heterocycles. The molecule has 0 aliphatic rings. The Morgan fingerprint density at radius 1 is 1.28 bits per heavy atom. The van der Waals surface area contributed by atoms with Crippen LogP contribution < -0.4 is 5.32 Å². The molecular formula is C18H19N5O4S2. The van der Waals surface area contributed by atoms with Gasteiger partial charge in [-0.15, -0.1) is 10.2 Å². The highest BCUT2D eigenvalue weighted by Crippen LogP contribution is 2.26. The smallest absolute Gasteiger partial charge is 0.350 e. The summed E-state index contributed by atoms with van der Waals surface area (Å²) in [6.07, 6.45) is 0. The van der Waals surface area contributed by atoms with E-state index in [1.54, 1.807) is 49.7 Å². The largest absolute Gasteiger partial charge is 0.508 e. The van der Waals surface area contributed by atoms with Crippen molar-refractivity contribution in [3.8, 4) is 17.1 Å². The highest BCUT2D eigenvalue weighted by Gasteiger charge is 2.18. The van der Waals surface area contributed by atoms with Crippen LogP contribution in [0.15, 0.2) is 29.4 Å². The van der Waals surface area contributed by atoms with Gasteiger partial charge in [-0.2, -0.15) is 0 Å². The third-order valence-corrected chi connectivity index (χ3v) is 5.87. The Balaban J connectivity index is 1.61. The number of hydrogen-bond acceptors (Lipinski definition) is 9. The summed E-state index contributed by atoms with van der Waals surface area (Å²) in [5, 5.41) is 21.3. The number of phenolic OH excluding ortho intramolecular Hbond substituents is 1. The average Bonchev–Trinajstić information content (AvgIpc) is 3.23. The molecule has 0 saturated carbocycles. The van der Waals surface area contributed by atoms with Gasteiger partial charge in [0.05, 0.1) is 18.1 Å². The van der Waals surface area contributed by atoms with Crippen LogP contribution in [0.2, 0.25) is 0 Å². The zero-order valence-corrected chi connectivity index (χ0v) is 17.6. The summed E-state index contributed by atoms with van der Waals surface area (Å²) in [6, 6.07) is 6.63. The molecule has 1 amide bonds. The number of aromatic nitrogens is 4. The molecule has 152 valence electrons. The molecule has 29 heavy (non-hydrogen) atoms. The molecule has 2 aromatic heterocycles. The molecule has 0 radical (unpaired) electrons. The number of aryl methyl sites for hydroxylation is 1. The second kappa shape index (κ2) is 9.05. The molecule has 0 spiro atoms. The second-order valence-corrected chi connectivity index (χ2v) is 7.84. The molecule has 0 atom stereocenters. The zero-order valence-electron chi connectivity index (χ0n) is 16.0. The fourth-order valence-electron chi connectivity index (χ4n) is 2.42. The van der Waals surface area contributed by atoms with Gasteiger partial charge in [0.2, 0.25) is 5.91 Å². The number of benzene rings is 1. The fourth-order valence-corrected chi connectivity index (χ4v) is 4.01. The predicted octanol–water partition coefficient (Wildman–Crippen LogP) is 2.86. The van der Waals surface area contributed by atoms with Crippen molar-refractivity contribution in [2.75, 3.05) is 17.7 Å². The van der Waals surface area contributed by atoms with Crippen LogP contribution in [0.1, 0.15) is 22.3 Å². The number of nitrogens with one attached hydrogen (secondary N) is 1. The van der Waals surface area contributed by atoms with E-state index >= 15 is 0 Å². The van der Waals surface area contributed by atoms with Crippen LogP contribution in [-0.2, 0) is 16.6 Å². The van der Waals surface area contributed by atoms with Gasteiger partial charge >= 0.3 is 5.97 Å². The normalized spacial score (nSPS) is 10.7. The Kier molecular flexibility index (Phi) is 6.49. The number of anilines is 1. The number of rotatable bonds is 7. The lowest BCUT2D eigenvalue weighted by Crippen LogP contribution is -2.14. The maximum Gasteiger partial charge on any atom is 0.350 e. The third kappa shape index (κ3) is 4.93. The first-order chi connectivity index (χ1) is 13.9. The Morgan fingerprint density at radius 2 is 2.00 bits per heavy atom. The van der Waals surface area contributed by atoms with Crippen molar-refractivity contribution in [3.05, 3.63) is 34.8 Å². The van der Waals surface area contributed by atoms with Gasteiger partial charge in [0.1, 0.15) is 10.6 Å². The van der Waals surface area contributed by atoms with E-state index in [-0.39, 0.29) is 24.0 Å². The standard InChI is InChI=1S/C18H19N5O4S2/c1-4-27-16(26)14-10(2)19-17(29-14)20-13(25)9-28-18-22-21-15(23(18)3)11-5-7-12(24)8-6-11/h5-8,24H,4,9H2,1-3H3,(H,19,20,25). The molecule has 0 fully saturated rings. The molecule has 2 heterocycles. The van der Waals surface area contributed by atoms with Crippen molar-refractivity contribution in [2.45, 2.75) is 19.0 Å². The van der Waals surface area contributed by atoms with Crippen molar-refractivity contribution in [2.24, 2.45) is 7.05 Å². The summed E-state index contributed by atoms with van der Waals surface area (Å²) in [4.78, 5) is 28.7. The summed E-state index contributed by atoms with van der Waals surface area (Å²) in [5.41, 5.74) is 1.32. The molecule has 9 nitrogen and oxygen atoms in total. The Hall–Kier alpha value is -2.92. The number of carbonyl (C=O) groups is 2. The number of ether oxygens (including phenoxy) is 1. The number of nitrogens with zero attached hydrogens (tertiary/aromatic N) is 4. The monoisotopic (exact) mass is 433 g/mol. The maximum absolute atomic E-state index is 12.3. The summed E-state index contributed by atoms with van der Waals surface area (Å²) in [5.74, 6) is 0.189. The molecule has 11 heteroatoms. The van der Waals surface area contributed by atoms with E-state index in [2.05, 4.69) is 20.5 Å². The average molecular weight is 434 g/mol. The summed E-state index contributed by atoms with van der Waals surface area (Å²) in [6.45, 7) is 3.70. The van der Waals surface area contributed by atoms with Crippen molar-refractivity contribution < 1.29 is 19.4 Å². The number of thiazole rings is 1. The SMILES string of the molecule is CCOC(=O)c1sc(NC(=O)CSc2nnc(-c3ccc(O)cc3)n2C)nc1C. The van der Waals surface area contributed by atoms with E-state index in [0.29, 0.717) is 26.7 Å². The predicted molar refractivity (Wildman–Crippen MR) is 110 cm³/mol. The highest BCUT2D eigenvalue weighted by molar-refractivity contribution is 7.99. The highest BCUT2D eigenvalue weighted by atomic mass is 32.2. The van der Waals surface area contributed by atoms with Gasteiger partial charge < -0.3 is 19.7 Å². The maximum atomic E-state index is 12.3. The fraction of sp³-hybridized carbons (Fsp3) is 0.278. The van der Waals surface area contributed by atoms with E-state index in [1.165, 1.54) is 11.8 Å². The van der Waals surface area contributed by atoms with E-state index < -0.39 is 5.97 Å². The van der Waals surface area contributed by atoms with Crippen molar-refractivity contribution in [1.29, 1.82) is 0 Å². The van der Waals surface area contributed by atoms with Crippen LogP contribution in [0.4, 0.5) is 5.13 Å². The summed E-state index contributed by atoms with van der Waals surface area (Å²) >= 11 is 2.31. The van der Waals surface area contributed by atoms with Crippen LogP contribution >= 0.6 is 23.1 Å². The summed E-state index contributed by atoms with van der Waals surface area (Å²) in [7, 11) is 1.80. The van der Waals surface area contributed by atoms with Crippen LogP contribution in [0, 0.1) is 6.92 Å². The molecule has 0 aliphatic heterocycles. The molecule has 2 N–H and O–H groups in total. The Bertz CT molecular complexity index is 1030. The van der Waals surface area contributed by atoms with Gasteiger partial charge in [-0.05, 0) is 38.1 Å². The molecule has 3 rings (SSSR count). The van der Waals surface area contributed by atoms with Gasteiger partial charge in [0, 0.05) is 12.6 Å². The lowest BCUT2D eigenvalue weighted by Gasteiger charge is -2.04. The Morgan fingerprint density at radius 3 is 2.69 bits per heavy atom. The van der Waals surface area contributed by atoms with Crippen molar-refractivity contribution in [3.63, 3.8) is 0 Å². The van der Waals surface area contributed by atoms with Crippen molar-refractivity contribution >= 4 is 40.1 Å². The quantitative estimate of drug-likeness (QED) is 0.431. The third-order valence-electron chi connectivity index (χ3n) is 3.80. The minimum absolute atomic E-state index is 0.106. The van der Waals surface area contributed by atoms with E-state index in [9.17, 15) is 14.7 Å². The molecule has 3 aromatic rings. The van der Waals surface area contributed by atoms with E-state index in [0.717, 1.165) is 16.9 Å². The van der Waals surface area contributed by atoms with Crippen LogP contribution in [0.5, 0.6) is 5.75 Å². The lowest BCUT2D eigenvalue weighted by molar-refractivity contribution is -0.113. The minimum Gasteiger partial charge on any atom is -0.508 e. The first-order valence-corrected chi connectivity index (χ1v) is 10.4. The van der Waals surface area contributed by atoms with Crippen molar-refractivity contribution in [1.82, 2.24) is 19.7 Å². The zero-order chi connectivity index (χ0) is 21.0. The lowest BCUT2D eigenvalue weighted by atomic mass is 10.2. The molecule has 0 aliphatic carbocycles. The number of aromatic hydroxyl groups is 1. The van der Waals surface area contributed by atoms with E-state index in [4.69, 9.17) is 4.74 Å². The topological polar surface area (TPSA) is 119 Å². The first-order valence-electron chi connectivity index (χ1n) is 8.65. The van der Waals surface area contributed by atoms with Gasteiger partial charge in [0.25, 0.3) is 0 Å². The summed E-state index contributed by atoms with van der Waals surface area (Å²) < 4.78 is 6.75. The molecule has 1 aromatic carbocycles. The number of phenols is 1. The molecule has 0 unspecified atom stereocenters. The number of esters is 1. The van der Waals surface area contributed by atoms with Gasteiger partial charge in [-0.25, -0.2) is 9.78 Å². The van der Waals surface area contributed by atoms with Gasteiger partial charge in [-0.1, -0.05) is 23.1 Å². The van der Waals surface area contributed by atoms with Gasteiger partial charge in [0.15, 0.2) is 16.1 Å². The molecule has 0 bridgehead atoms. The minimum atomic E-state index is -0.446. The first kappa shape index (κ1) is 20.8.